The Bertz CT molecular complexity index is 545. The molecule has 0 aromatic heterocycles. The molecule has 0 saturated heterocycles. The van der Waals surface area contributed by atoms with Gasteiger partial charge in [0.25, 0.3) is 0 Å². The fourth-order valence-corrected chi connectivity index (χ4v) is 3.14. The lowest BCUT2D eigenvalue weighted by Crippen LogP contribution is -1.96. The lowest BCUT2D eigenvalue weighted by atomic mass is 10.0. The Balaban J connectivity index is 2.40. The van der Waals surface area contributed by atoms with Crippen LogP contribution in [0.5, 0.6) is 0 Å². The molecule has 17 heavy (non-hydrogen) atoms. The van der Waals surface area contributed by atoms with Crippen molar-refractivity contribution in [1.82, 2.24) is 0 Å². The Kier molecular flexibility index (Phi) is 4.44. The molecule has 1 atom stereocenters. The van der Waals surface area contributed by atoms with E-state index < -0.39 is 0 Å². The van der Waals surface area contributed by atoms with Crippen LogP contribution in [0.1, 0.15) is 16.5 Å². The minimum Gasteiger partial charge on any atom is -0.206 e. The van der Waals surface area contributed by atoms with Crippen molar-refractivity contribution >= 4 is 50.1 Å². The maximum atomic E-state index is 13.2. The Hall–Kier alpha value is -0.130. The smallest absolute Gasteiger partial charge is 0.137 e. The molecule has 88 valence electrons. The van der Waals surface area contributed by atoms with Gasteiger partial charge < -0.3 is 0 Å². The van der Waals surface area contributed by atoms with Crippen molar-refractivity contribution in [3.05, 3.63) is 67.5 Å². The fourth-order valence-electron chi connectivity index (χ4n) is 1.53. The molecular weight excluding hydrogens is 417 g/mol. The molecule has 2 rings (SSSR count). The largest absolute Gasteiger partial charge is 0.206 e. The van der Waals surface area contributed by atoms with Crippen molar-refractivity contribution in [3.63, 3.8) is 0 Å². The minimum atomic E-state index is -0.277. The third kappa shape index (κ3) is 3.01. The average molecular weight is 425 g/mol. The summed E-state index contributed by atoms with van der Waals surface area (Å²) in [4.78, 5) is 0. The molecule has 4 heteroatoms. The van der Waals surface area contributed by atoms with Crippen LogP contribution in [0, 0.1) is 9.39 Å². The van der Waals surface area contributed by atoms with E-state index in [-0.39, 0.29) is 11.2 Å². The molecule has 0 spiro atoms. The molecule has 2 aromatic carbocycles. The van der Waals surface area contributed by atoms with Gasteiger partial charge in [0.1, 0.15) is 5.82 Å². The van der Waals surface area contributed by atoms with Gasteiger partial charge in [-0.3, -0.25) is 0 Å². The maximum Gasteiger partial charge on any atom is 0.137 e. The number of rotatable bonds is 2. The third-order valence-corrected chi connectivity index (χ3v) is 4.49. The van der Waals surface area contributed by atoms with Crippen molar-refractivity contribution in [3.8, 4) is 0 Å². The van der Waals surface area contributed by atoms with E-state index >= 15 is 0 Å². The Morgan fingerprint density at radius 1 is 1.18 bits per heavy atom. The van der Waals surface area contributed by atoms with Gasteiger partial charge in [-0.15, -0.1) is 11.6 Å². The first-order chi connectivity index (χ1) is 8.09. The molecular formula is C13H8BrClFI. The number of hydrogen-bond acceptors (Lipinski definition) is 0. The monoisotopic (exact) mass is 424 g/mol. The van der Waals surface area contributed by atoms with Crippen LogP contribution in [0.4, 0.5) is 4.39 Å². The summed E-state index contributed by atoms with van der Waals surface area (Å²) >= 11 is 11.8. The summed E-state index contributed by atoms with van der Waals surface area (Å²) < 4.78 is 14.7. The van der Waals surface area contributed by atoms with Gasteiger partial charge in [-0.25, -0.2) is 4.39 Å². The molecule has 0 bridgehead atoms. The summed E-state index contributed by atoms with van der Waals surface area (Å²) in [6, 6.07) is 12.8. The lowest BCUT2D eigenvalue weighted by Gasteiger charge is -2.12. The predicted molar refractivity (Wildman–Crippen MR) is 81.0 cm³/mol. The number of alkyl halides is 1. The van der Waals surface area contributed by atoms with Gasteiger partial charge in [0.15, 0.2) is 0 Å². The highest BCUT2D eigenvalue weighted by Gasteiger charge is 2.14. The van der Waals surface area contributed by atoms with Crippen LogP contribution in [0.3, 0.4) is 0 Å². The first kappa shape index (κ1) is 13.3. The van der Waals surface area contributed by atoms with Gasteiger partial charge in [0.2, 0.25) is 0 Å². The van der Waals surface area contributed by atoms with E-state index in [1.165, 1.54) is 6.07 Å². The quantitative estimate of drug-likeness (QED) is 0.439. The van der Waals surface area contributed by atoms with Gasteiger partial charge in [-0.1, -0.05) is 24.3 Å². The second kappa shape index (κ2) is 5.67. The molecule has 0 N–H and O–H groups in total. The van der Waals surface area contributed by atoms with Gasteiger partial charge >= 0.3 is 0 Å². The van der Waals surface area contributed by atoms with Crippen LogP contribution in [0.15, 0.2) is 46.9 Å². The predicted octanol–water partition coefficient (Wildman–Crippen LogP) is 5.52. The highest BCUT2D eigenvalue weighted by atomic mass is 127. The molecule has 0 aliphatic carbocycles. The maximum absolute atomic E-state index is 13.2. The van der Waals surface area contributed by atoms with Gasteiger partial charge in [0.05, 0.1) is 9.85 Å². The zero-order chi connectivity index (χ0) is 12.4. The average Bonchev–Trinajstić information content (AvgIpc) is 2.32. The second-order valence-corrected chi connectivity index (χ2v) is 6.01. The van der Waals surface area contributed by atoms with E-state index in [0.29, 0.717) is 4.47 Å². The number of halogens is 4. The highest BCUT2D eigenvalue weighted by molar-refractivity contribution is 14.1. The van der Waals surface area contributed by atoms with Crippen molar-refractivity contribution in [1.29, 1.82) is 0 Å². The first-order valence-electron chi connectivity index (χ1n) is 4.93. The third-order valence-electron chi connectivity index (χ3n) is 2.41. The number of benzene rings is 2. The molecule has 2 aromatic rings. The van der Waals surface area contributed by atoms with E-state index in [2.05, 4.69) is 38.5 Å². The standard InChI is InChI=1S/C13H8BrClFI/c14-10-7-8(5-6-11(10)16)13(15)9-3-1-2-4-12(9)17/h1-7,13H. The Morgan fingerprint density at radius 3 is 2.53 bits per heavy atom. The summed E-state index contributed by atoms with van der Waals surface area (Å²) in [5.74, 6) is -0.277. The first-order valence-corrected chi connectivity index (χ1v) is 7.24. The normalized spacial score (nSPS) is 12.5. The van der Waals surface area contributed by atoms with Crippen LogP contribution in [0.2, 0.25) is 0 Å². The summed E-state index contributed by atoms with van der Waals surface area (Å²) in [7, 11) is 0. The van der Waals surface area contributed by atoms with E-state index in [0.717, 1.165) is 14.7 Å². The van der Waals surface area contributed by atoms with Gasteiger partial charge in [-0.2, -0.15) is 0 Å². The summed E-state index contributed by atoms with van der Waals surface area (Å²) in [6.07, 6.45) is 0. The molecule has 0 saturated carbocycles. The van der Waals surface area contributed by atoms with E-state index in [1.54, 1.807) is 12.1 Å². The van der Waals surface area contributed by atoms with E-state index in [1.807, 2.05) is 24.3 Å². The molecule has 0 aliphatic rings. The second-order valence-electron chi connectivity index (χ2n) is 3.56. The van der Waals surface area contributed by atoms with E-state index in [4.69, 9.17) is 11.6 Å². The zero-order valence-electron chi connectivity index (χ0n) is 8.63. The van der Waals surface area contributed by atoms with Crippen LogP contribution < -0.4 is 0 Å². The lowest BCUT2D eigenvalue weighted by molar-refractivity contribution is 0.620. The molecule has 0 aliphatic heterocycles. The Morgan fingerprint density at radius 2 is 1.88 bits per heavy atom. The Labute approximate surface area is 126 Å². The zero-order valence-corrected chi connectivity index (χ0v) is 13.1. The molecule has 0 heterocycles. The van der Waals surface area contributed by atoms with Crippen LogP contribution in [-0.4, -0.2) is 0 Å². The topological polar surface area (TPSA) is 0 Å². The summed E-state index contributed by atoms with van der Waals surface area (Å²) in [5, 5.41) is -0.264. The summed E-state index contributed by atoms with van der Waals surface area (Å²) in [5.41, 5.74) is 1.91. The molecule has 0 fully saturated rings. The van der Waals surface area contributed by atoms with Gasteiger partial charge in [0, 0.05) is 3.57 Å². The van der Waals surface area contributed by atoms with Crippen LogP contribution >= 0.6 is 50.1 Å². The van der Waals surface area contributed by atoms with Crippen molar-refractivity contribution in [2.75, 3.05) is 0 Å². The van der Waals surface area contributed by atoms with Crippen molar-refractivity contribution in [2.24, 2.45) is 0 Å². The summed E-state index contributed by atoms with van der Waals surface area (Å²) in [6.45, 7) is 0. The van der Waals surface area contributed by atoms with Crippen molar-refractivity contribution in [2.45, 2.75) is 5.38 Å². The number of hydrogen-bond donors (Lipinski definition) is 0. The molecule has 0 radical (unpaired) electrons. The minimum absolute atomic E-state index is 0.264. The van der Waals surface area contributed by atoms with Crippen LogP contribution in [-0.2, 0) is 0 Å². The SMILES string of the molecule is Fc1ccc(C(Cl)c2ccccc2I)cc1Br. The highest BCUT2D eigenvalue weighted by Crippen LogP contribution is 2.33. The molecule has 0 amide bonds. The molecule has 0 nitrogen and oxygen atoms in total. The fraction of sp³-hybridized carbons (Fsp3) is 0.0769. The van der Waals surface area contributed by atoms with Crippen LogP contribution in [0.25, 0.3) is 0 Å². The van der Waals surface area contributed by atoms with Gasteiger partial charge in [-0.05, 0) is 67.8 Å². The van der Waals surface area contributed by atoms with Crippen molar-refractivity contribution < 1.29 is 4.39 Å². The molecule has 1 unspecified atom stereocenters. The van der Waals surface area contributed by atoms with E-state index in [9.17, 15) is 4.39 Å².